The Balaban J connectivity index is 1.62. The maximum atomic E-state index is 10.7. The third-order valence-electron chi connectivity index (χ3n) is 5.76. The number of carboxylic acids is 1. The Bertz CT molecular complexity index is 1160. The van der Waals surface area contributed by atoms with Gasteiger partial charge in [0.2, 0.25) is 0 Å². The van der Waals surface area contributed by atoms with Gasteiger partial charge in [-0.3, -0.25) is 9.79 Å². The van der Waals surface area contributed by atoms with E-state index >= 15 is 0 Å². The van der Waals surface area contributed by atoms with Crippen molar-refractivity contribution in [2.24, 2.45) is 4.99 Å². The van der Waals surface area contributed by atoms with Crippen LogP contribution < -0.4 is 10.2 Å². The number of hydrogen-bond donors (Lipinski definition) is 2. The van der Waals surface area contributed by atoms with Crippen molar-refractivity contribution in [3.63, 3.8) is 0 Å². The lowest BCUT2D eigenvalue weighted by molar-refractivity contribution is -0.137. The van der Waals surface area contributed by atoms with Gasteiger partial charge in [0.1, 0.15) is 0 Å². The number of unbranched alkanes of at least 4 members (excludes halogenated alkanes) is 2. The summed E-state index contributed by atoms with van der Waals surface area (Å²) in [5.41, 5.74) is 4.47. The van der Waals surface area contributed by atoms with Crippen LogP contribution in [0.2, 0.25) is 0 Å². The van der Waals surface area contributed by atoms with Crippen LogP contribution in [0.15, 0.2) is 63.3 Å². The molecule has 5 nitrogen and oxygen atoms in total. The molecule has 2 N–H and O–H groups in total. The Hall–Kier alpha value is -2.99. The fourth-order valence-electron chi connectivity index (χ4n) is 4.06. The highest BCUT2D eigenvalue weighted by molar-refractivity contribution is 7.99. The third kappa shape index (κ3) is 4.75. The Kier molecular flexibility index (Phi) is 7.00. The number of carboxylic acid groups (broad SMARTS) is 1. The van der Waals surface area contributed by atoms with Gasteiger partial charge in [-0.1, -0.05) is 36.0 Å². The second kappa shape index (κ2) is 10.1. The van der Waals surface area contributed by atoms with Crippen LogP contribution in [0.1, 0.15) is 39.5 Å². The zero-order valence-electron chi connectivity index (χ0n) is 18.6. The average Bonchev–Trinajstić information content (AvgIpc) is 2.80. The lowest BCUT2D eigenvalue weighted by atomic mass is 10.1. The number of fused-ring (bicyclic) bond motifs is 4. The third-order valence-corrected chi connectivity index (χ3v) is 6.86. The number of aliphatic carboxylic acids is 1. The molecule has 0 unspecified atom stereocenters. The maximum absolute atomic E-state index is 10.7. The molecule has 1 heterocycles. The summed E-state index contributed by atoms with van der Waals surface area (Å²) in [6, 6.07) is 17.2. The number of nitrogens with zero attached hydrogens (tertiary/aromatic N) is 2. The van der Waals surface area contributed by atoms with Gasteiger partial charge in [-0.15, -0.1) is 0 Å². The molecule has 0 saturated carbocycles. The van der Waals surface area contributed by atoms with E-state index in [1.165, 1.54) is 15.5 Å². The summed E-state index contributed by atoms with van der Waals surface area (Å²) in [4.78, 5) is 20.2. The summed E-state index contributed by atoms with van der Waals surface area (Å²) >= 11 is 1.79. The molecule has 0 aliphatic carbocycles. The van der Waals surface area contributed by atoms with Gasteiger partial charge in [0.25, 0.3) is 0 Å². The first-order chi connectivity index (χ1) is 15.6. The standard InChI is InChI=1S/C26H29N3O2S/c1-3-29(4-2)18-13-14-21-23(16-18)32-24-17-22(27-15-9-5-6-12-25(30)31)19-10-7-8-11-20(19)26(24)28-21/h7-8,10-11,13-17,28H,3-6,9,12H2,1-2H3,(H,30,31). The molecular weight excluding hydrogens is 418 g/mol. The smallest absolute Gasteiger partial charge is 0.303 e. The highest BCUT2D eigenvalue weighted by Crippen LogP contribution is 2.50. The lowest BCUT2D eigenvalue weighted by Crippen LogP contribution is -2.21. The highest BCUT2D eigenvalue weighted by atomic mass is 32.2. The van der Waals surface area contributed by atoms with E-state index in [2.05, 4.69) is 66.5 Å². The summed E-state index contributed by atoms with van der Waals surface area (Å²) in [6.45, 7) is 6.34. The van der Waals surface area contributed by atoms with Crippen molar-refractivity contribution < 1.29 is 9.90 Å². The van der Waals surface area contributed by atoms with Crippen molar-refractivity contribution in [1.82, 2.24) is 0 Å². The first-order valence-electron chi connectivity index (χ1n) is 11.2. The molecule has 1 aliphatic heterocycles. The molecule has 0 bridgehead atoms. The van der Waals surface area contributed by atoms with E-state index in [1.807, 2.05) is 12.3 Å². The molecule has 0 atom stereocenters. The molecule has 0 amide bonds. The van der Waals surface area contributed by atoms with E-state index in [-0.39, 0.29) is 6.42 Å². The molecule has 0 radical (unpaired) electrons. The first kappa shape index (κ1) is 22.2. The molecule has 166 valence electrons. The van der Waals surface area contributed by atoms with Gasteiger partial charge in [0, 0.05) is 52.0 Å². The predicted octanol–water partition coefficient (Wildman–Crippen LogP) is 7.24. The van der Waals surface area contributed by atoms with Gasteiger partial charge >= 0.3 is 5.97 Å². The van der Waals surface area contributed by atoms with Crippen LogP contribution in [0.25, 0.3) is 10.8 Å². The number of benzene rings is 3. The van der Waals surface area contributed by atoms with Crippen LogP contribution in [-0.4, -0.2) is 30.4 Å². The van der Waals surface area contributed by atoms with Crippen molar-refractivity contribution in [3.05, 3.63) is 48.5 Å². The summed E-state index contributed by atoms with van der Waals surface area (Å²) in [7, 11) is 0. The van der Waals surface area contributed by atoms with Crippen molar-refractivity contribution in [2.75, 3.05) is 23.3 Å². The topological polar surface area (TPSA) is 64.9 Å². The van der Waals surface area contributed by atoms with Crippen LogP contribution in [0.4, 0.5) is 22.7 Å². The number of anilines is 3. The molecule has 0 spiro atoms. The zero-order valence-corrected chi connectivity index (χ0v) is 19.4. The molecular formula is C26H29N3O2S. The van der Waals surface area contributed by atoms with E-state index < -0.39 is 5.97 Å². The first-order valence-corrected chi connectivity index (χ1v) is 12.1. The van der Waals surface area contributed by atoms with Crippen LogP contribution in [0.5, 0.6) is 0 Å². The van der Waals surface area contributed by atoms with Crippen molar-refractivity contribution in [3.8, 4) is 0 Å². The second-order valence-corrected chi connectivity index (χ2v) is 8.93. The number of nitrogens with one attached hydrogen (secondary N) is 1. The second-order valence-electron chi connectivity index (χ2n) is 7.85. The molecule has 0 aromatic heterocycles. The van der Waals surface area contributed by atoms with E-state index in [0.717, 1.165) is 53.8 Å². The zero-order chi connectivity index (χ0) is 22.5. The number of aliphatic imine (C=N–C) groups is 1. The number of hydrogen-bond acceptors (Lipinski definition) is 5. The molecule has 0 saturated heterocycles. The van der Waals surface area contributed by atoms with Crippen LogP contribution in [0.3, 0.4) is 0 Å². The Morgan fingerprint density at radius 3 is 2.59 bits per heavy atom. The predicted molar refractivity (Wildman–Crippen MR) is 136 cm³/mol. The van der Waals surface area contributed by atoms with Gasteiger partial charge in [-0.25, -0.2) is 0 Å². The van der Waals surface area contributed by atoms with Crippen LogP contribution >= 0.6 is 11.8 Å². The molecule has 1 aliphatic rings. The van der Waals surface area contributed by atoms with Crippen molar-refractivity contribution >= 4 is 57.5 Å². The molecule has 32 heavy (non-hydrogen) atoms. The SMILES string of the molecule is CCN(CC)c1ccc2c(c1)Sc1cc(N=CCCCCC(=O)O)c3ccccc3c1N2. The van der Waals surface area contributed by atoms with Gasteiger partial charge in [-0.05, 0) is 57.4 Å². The van der Waals surface area contributed by atoms with Crippen LogP contribution in [0, 0.1) is 0 Å². The average molecular weight is 448 g/mol. The van der Waals surface area contributed by atoms with Gasteiger partial charge in [-0.2, -0.15) is 0 Å². The summed E-state index contributed by atoms with van der Waals surface area (Å²) < 4.78 is 0. The van der Waals surface area contributed by atoms with Crippen LogP contribution in [-0.2, 0) is 4.79 Å². The molecule has 3 aromatic rings. The lowest BCUT2D eigenvalue weighted by Gasteiger charge is -2.26. The minimum absolute atomic E-state index is 0.215. The number of rotatable bonds is 9. The minimum Gasteiger partial charge on any atom is -0.481 e. The van der Waals surface area contributed by atoms with Gasteiger partial charge < -0.3 is 15.3 Å². The Labute approximate surface area is 193 Å². The Morgan fingerprint density at radius 1 is 1.06 bits per heavy atom. The largest absolute Gasteiger partial charge is 0.481 e. The Morgan fingerprint density at radius 2 is 1.84 bits per heavy atom. The fraction of sp³-hybridized carbons (Fsp3) is 0.308. The molecule has 4 rings (SSSR count). The number of carbonyl (C=O) groups is 1. The normalized spacial score (nSPS) is 12.4. The molecule has 6 heteroatoms. The monoisotopic (exact) mass is 447 g/mol. The summed E-state index contributed by atoms with van der Waals surface area (Å²) in [5, 5.41) is 14.7. The highest BCUT2D eigenvalue weighted by Gasteiger charge is 2.20. The van der Waals surface area contributed by atoms with Gasteiger partial charge in [0.05, 0.1) is 17.1 Å². The van der Waals surface area contributed by atoms with E-state index in [9.17, 15) is 4.79 Å². The quantitative estimate of drug-likeness (QED) is 0.209. The maximum Gasteiger partial charge on any atom is 0.303 e. The van der Waals surface area contributed by atoms with E-state index in [1.54, 1.807) is 11.8 Å². The summed E-state index contributed by atoms with van der Waals surface area (Å²) in [5.74, 6) is -0.739. The van der Waals surface area contributed by atoms with Crippen molar-refractivity contribution in [1.29, 1.82) is 0 Å². The minimum atomic E-state index is -0.739. The van der Waals surface area contributed by atoms with E-state index in [0.29, 0.717) is 6.42 Å². The molecule has 0 fully saturated rings. The fourth-order valence-corrected chi connectivity index (χ4v) is 5.14. The van der Waals surface area contributed by atoms with Crippen molar-refractivity contribution in [2.45, 2.75) is 49.3 Å². The molecule has 3 aromatic carbocycles. The summed E-state index contributed by atoms with van der Waals surface area (Å²) in [6.07, 6.45) is 4.42. The van der Waals surface area contributed by atoms with E-state index in [4.69, 9.17) is 10.1 Å². The van der Waals surface area contributed by atoms with Gasteiger partial charge in [0.15, 0.2) is 0 Å².